The second-order valence-electron chi connectivity index (χ2n) is 7.34. The summed E-state index contributed by atoms with van der Waals surface area (Å²) in [6, 6.07) is 20.2. The van der Waals surface area contributed by atoms with Crippen LogP contribution in [0.25, 0.3) is 10.8 Å². The molecule has 3 heteroatoms. The van der Waals surface area contributed by atoms with Crippen LogP contribution in [0.1, 0.15) is 48.0 Å². The van der Waals surface area contributed by atoms with Crippen molar-refractivity contribution in [2.75, 3.05) is 5.32 Å². The van der Waals surface area contributed by atoms with E-state index in [1.165, 1.54) is 37.7 Å². The Hall–Kier alpha value is -2.13. The number of carbonyl (C=O) groups is 1. The molecule has 3 aromatic carbocycles. The van der Waals surface area contributed by atoms with E-state index in [1.54, 1.807) is 5.92 Å². The van der Waals surface area contributed by atoms with Crippen molar-refractivity contribution in [2.24, 2.45) is 0 Å². The number of benzene rings is 3. The minimum atomic E-state index is -0.0775. The van der Waals surface area contributed by atoms with Crippen LogP contribution in [0, 0.1) is 5.92 Å². The van der Waals surface area contributed by atoms with Crippen LogP contribution in [0.3, 0.4) is 0 Å². The maximum Gasteiger partial charge on any atom is 0.255 e. The van der Waals surface area contributed by atoms with E-state index in [0.29, 0.717) is 5.56 Å². The predicted molar refractivity (Wildman–Crippen MR) is 116 cm³/mol. The Morgan fingerprint density at radius 1 is 0.852 bits per heavy atom. The van der Waals surface area contributed by atoms with Crippen LogP contribution < -0.4 is 5.32 Å². The first-order valence-corrected chi connectivity index (χ1v) is 10.4. The average Bonchev–Trinajstić information content (AvgIpc) is 2.69. The molecule has 0 bridgehead atoms. The van der Waals surface area contributed by atoms with Crippen LogP contribution in [0.2, 0.25) is 0 Å². The minimum Gasteiger partial charge on any atom is -0.322 e. The van der Waals surface area contributed by atoms with E-state index in [2.05, 4.69) is 33.4 Å². The normalized spacial score (nSPS) is 15.0. The smallest absolute Gasteiger partial charge is 0.255 e. The molecule has 0 aliphatic heterocycles. The van der Waals surface area contributed by atoms with Crippen molar-refractivity contribution in [2.45, 2.75) is 38.5 Å². The number of carbonyl (C=O) groups excluding carboxylic acids is 1. The summed E-state index contributed by atoms with van der Waals surface area (Å²) in [4.78, 5) is 12.6. The number of amides is 1. The molecule has 137 valence electrons. The molecule has 0 unspecified atom stereocenters. The number of rotatable bonds is 4. The van der Waals surface area contributed by atoms with Gasteiger partial charge in [-0.2, -0.15) is 0 Å². The Kier molecular flexibility index (Phi) is 5.58. The Morgan fingerprint density at radius 2 is 1.59 bits per heavy atom. The van der Waals surface area contributed by atoms with Gasteiger partial charge in [-0.05, 0) is 77.9 Å². The molecule has 0 spiro atoms. The van der Waals surface area contributed by atoms with Crippen molar-refractivity contribution in [1.29, 1.82) is 0 Å². The standard InChI is InChI=1S/C24H23BrNO/c25-22-11-10-19-8-9-20(15-21(19)16-22)24(27)26-23-12-6-18(7-13-23)14-17-4-2-1-3-5-17/h6-13,15-16H,1-5,14H2,(H,26,27). The Balaban J connectivity index is 1.43. The molecular weight excluding hydrogens is 398 g/mol. The van der Waals surface area contributed by atoms with Gasteiger partial charge in [0.25, 0.3) is 5.91 Å². The van der Waals surface area contributed by atoms with Crippen LogP contribution >= 0.6 is 15.9 Å². The summed E-state index contributed by atoms with van der Waals surface area (Å²) in [6.07, 6.45) is 7.68. The van der Waals surface area contributed by atoms with E-state index in [1.807, 2.05) is 48.5 Å². The fourth-order valence-corrected chi connectivity index (χ4v) is 4.16. The molecule has 27 heavy (non-hydrogen) atoms. The molecule has 1 saturated carbocycles. The molecule has 0 atom stereocenters. The van der Waals surface area contributed by atoms with Gasteiger partial charge in [-0.1, -0.05) is 59.5 Å². The van der Waals surface area contributed by atoms with Gasteiger partial charge < -0.3 is 5.32 Å². The third-order valence-corrected chi connectivity index (χ3v) is 5.78. The van der Waals surface area contributed by atoms with Gasteiger partial charge in [-0.15, -0.1) is 0 Å². The summed E-state index contributed by atoms with van der Waals surface area (Å²) in [6.45, 7) is 0. The molecule has 0 saturated heterocycles. The van der Waals surface area contributed by atoms with E-state index in [-0.39, 0.29) is 5.91 Å². The molecule has 4 rings (SSSR count). The fraction of sp³-hybridized carbons (Fsp3) is 0.250. The number of hydrogen-bond donors (Lipinski definition) is 1. The predicted octanol–water partition coefficient (Wildman–Crippen LogP) is 6.94. The van der Waals surface area contributed by atoms with Crippen LogP contribution in [0.4, 0.5) is 5.69 Å². The summed E-state index contributed by atoms with van der Waals surface area (Å²) in [7, 11) is 0. The zero-order valence-corrected chi connectivity index (χ0v) is 16.9. The zero-order valence-electron chi connectivity index (χ0n) is 15.3. The maximum absolute atomic E-state index is 12.6. The van der Waals surface area contributed by atoms with Crippen LogP contribution in [0.5, 0.6) is 0 Å². The first kappa shape index (κ1) is 18.2. The van der Waals surface area contributed by atoms with Gasteiger partial charge >= 0.3 is 0 Å². The topological polar surface area (TPSA) is 29.1 Å². The van der Waals surface area contributed by atoms with Crippen molar-refractivity contribution < 1.29 is 4.79 Å². The van der Waals surface area contributed by atoms with E-state index in [9.17, 15) is 4.79 Å². The number of anilines is 1. The number of halogens is 1. The fourth-order valence-electron chi connectivity index (χ4n) is 3.79. The van der Waals surface area contributed by atoms with Gasteiger partial charge in [0.2, 0.25) is 0 Å². The lowest BCUT2D eigenvalue weighted by Gasteiger charge is -2.21. The maximum atomic E-state index is 12.6. The molecular formula is C24H23BrNO. The van der Waals surface area contributed by atoms with E-state index >= 15 is 0 Å². The quantitative estimate of drug-likeness (QED) is 0.486. The van der Waals surface area contributed by atoms with Crippen molar-refractivity contribution in [1.82, 2.24) is 0 Å². The largest absolute Gasteiger partial charge is 0.322 e. The highest BCUT2D eigenvalue weighted by atomic mass is 79.9. The van der Waals surface area contributed by atoms with Crippen molar-refractivity contribution in [3.05, 3.63) is 82.2 Å². The van der Waals surface area contributed by atoms with Gasteiger partial charge in [0.15, 0.2) is 0 Å². The molecule has 1 amide bonds. The molecule has 1 aliphatic rings. The molecule has 1 N–H and O–H groups in total. The van der Waals surface area contributed by atoms with E-state index in [4.69, 9.17) is 0 Å². The summed E-state index contributed by atoms with van der Waals surface area (Å²) in [5, 5.41) is 5.19. The summed E-state index contributed by atoms with van der Waals surface area (Å²) in [5.41, 5.74) is 2.84. The molecule has 2 nitrogen and oxygen atoms in total. The summed E-state index contributed by atoms with van der Waals surface area (Å²) in [5.74, 6) is 1.59. The third kappa shape index (κ3) is 4.59. The van der Waals surface area contributed by atoms with Crippen LogP contribution in [-0.4, -0.2) is 5.91 Å². The van der Waals surface area contributed by atoms with Gasteiger partial charge in [0.05, 0.1) is 0 Å². The Morgan fingerprint density at radius 3 is 2.37 bits per heavy atom. The first-order valence-electron chi connectivity index (χ1n) is 9.60. The third-order valence-electron chi connectivity index (χ3n) is 5.29. The lowest BCUT2D eigenvalue weighted by atomic mass is 9.85. The lowest BCUT2D eigenvalue weighted by molar-refractivity contribution is 0.102. The highest BCUT2D eigenvalue weighted by Gasteiger charge is 2.14. The molecule has 1 fully saturated rings. The van der Waals surface area contributed by atoms with Crippen molar-refractivity contribution >= 4 is 38.3 Å². The average molecular weight is 421 g/mol. The highest BCUT2D eigenvalue weighted by molar-refractivity contribution is 9.10. The second kappa shape index (κ2) is 8.26. The summed E-state index contributed by atoms with van der Waals surface area (Å²) < 4.78 is 1.01. The number of nitrogens with one attached hydrogen (secondary N) is 1. The molecule has 0 heterocycles. The highest BCUT2D eigenvalue weighted by Crippen LogP contribution is 2.29. The second-order valence-corrected chi connectivity index (χ2v) is 8.26. The Bertz CT molecular complexity index is 942. The van der Waals surface area contributed by atoms with Gasteiger partial charge in [0.1, 0.15) is 0 Å². The Labute approximate surface area is 169 Å². The molecule has 1 radical (unpaired) electrons. The SMILES string of the molecule is O=C(Nc1ccc(C[C]2CCCCC2)cc1)c1ccc2ccc(Br)cc2c1. The van der Waals surface area contributed by atoms with Crippen LogP contribution in [0.15, 0.2) is 65.1 Å². The number of hydrogen-bond acceptors (Lipinski definition) is 1. The van der Waals surface area contributed by atoms with E-state index < -0.39 is 0 Å². The van der Waals surface area contributed by atoms with E-state index in [0.717, 1.165) is 27.4 Å². The zero-order chi connectivity index (χ0) is 18.6. The van der Waals surface area contributed by atoms with Crippen LogP contribution in [-0.2, 0) is 6.42 Å². The summed E-state index contributed by atoms with van der Waals surface area (Å²) >= 11 is 3.49. The minimum absolute atomic E-state index is 0.0775. The molecule has 0 aromatic heterocycles. The first-order chi connectivity index (χ1) is 13.2. The lowest BCUT2D eigenvalue weighted by Crippen LogP contribution is -2.12. The molecule has 3 aromatic rings. The van der Waals surface area contributed by atoms with Gasteiger partial charge in [-0.3, -0.25) is 4.79 Å². The monoisotopic (exact) mass is 420 g/mol. The molecule has 1 aliphatic carbocycles. The van der Waals surface area contributed by atoms with Gasteiger partial charge in [-0.25, -0.2) is 0 Å². The number of fused-ring (bicyclic) bond motifs is 1. The van der Waals surface area contributed by atoms with Gasteiger partial charge in [0, 0.05) is 15.7 Å². The van der Waals surface area contributed by atoms with Crippen molar-refractivity contribution in [3.8, 4) is 0 Å². The van der Waals surface area contributed by atoms with Crippen molar-refractivity contribution in [3.63, 3.8) is 0 Å².